The maximum atomic E-state index is 14.6. The molecule has 0 aromatic heterocycles. The van der Waals surface area contributed by atoms with Crippen molar-refractivity contribution in [2.75, 3.05) is 45.9 Å². The van der Waals surface area contributed by atoms with Crippen LogP contribution in [0.1, 0.15) is 85.1 Å². The molecule has 0 spiro atoms. The molecular formula is C35H54Cl2N4O4. The van der Waals surface area contributed by atoms with Gasteiger partial charge < -0.3 is 19.9 Å². The Labute approximate surface area is 281 Å². The van der Waals surface area contributed by atoms with Gasteiger partial charge >= 0.3 is 0 Å². The van der Waals surface area contributed by atoms with Crippen LogP contribution in [0.5, 0.6) is 0 Å². The number of rotatable bonds is 6. The standard InChI is InChI=1S/C35H53ClN4O4.ClH/c1-23-7-11-25(12-8-23)35(5,6)33(43)37-27-19-30(32(42)38-15-17-44-18-16-38)40(20-27)31(41)29-22-39(34(2,3)4)21-28(29)24-9-13-26(36)14-10-24;/h9-10,13-14,23,25,27-30H,7-8,11-12,15-22H2,1-6H3,(H,37,43);1H/t23?,25?,27-,28-,29+,30-;/m0./s1. The van der Waals surface area contributed by atoms with Gasteiger partial charge in [0.05, 0.1) is 19.1 Å². The average molecular weight is 666 g/mol. The zero-order valence-electron chi connectivity index (χ0n) is 28.0. The number of hydrogen-bond donors (Lipinski definition) is 1. The van der Waals surface area contributed by atoms with E-state index in [1.54, 1.807) is 4.90 Å². The number of carbonyl (C=O) groups is 3. The Morgan fingerprint density at radius 2 is 1.51 bits per heavy atom. The van der Waals surface area contributed by atoms with Crippen molar-refractivity contribution in [1.82, 2.24) is 20.0 Å². The van der Waals surface area contributed by atoms with Gasteiger partial charge in [-0.1, -0.05) is 57.3 Å². The Balaban J connectivity index is 0.00000461. The van der Waals surface area contributed by atoms with E-state index in [4.69, 9.17) is 16.3 Å². The van der Waals surface area contributed by atoms with Crippen molar-refractivity contribution in [3.63, 3.8) is 0 Å². The van der Waals surface area contributed by atoms with Gasteiger partial charge in [-0.05, 0) is 69.6 Å². The van der Waals surface area contributed by atoms with E-state index in [0.717, 1.165) is 37.8 Å². The van der Waals surface area contributed by atoms with E-state index < -0.39 is 11.5 Å². The molecule has 3 aliphatic heterocycles. The zero-order valence-corrected chi connectivity index (χ0v) is 29.6. The Hall–Kier alpha value is -1.87. The monoisotopic (exact) mass is 664 g/mol. The van der Waals surface area contributed by atoms with Gasteiger partial charge in [-0.3, -0.25) is 19.3 Å². The summed E-state index contributed by atoms with van der Waals surface area (Å²) in [5, 5.41) is 3.99. The van der Waals surface area contributed by atoms with E-state index in [-0.39, 0.29) is 53.5 Å². The van der Waals surface area contributed by atoms with Gasteiger partial charge in [0.25, 0.3) is 0 Å². The predicted octanol–water partition coefficient (Wildman–Crippen LogP) is 5.37. The molecule has 0 radical (unpaired) electrons. The summed E-state index contributed by atoms with van der Waals surface area (Å²) in [5.74, 6) is 0.740. The number of ether oxygens (including phenoxy) is 1. The molecule has 3 amide bonds. The summed E-state index contributed by atoms with van der Waals surface area (Å²) >= 11 is 6.22. The molecule has 1 aromatic carbocycles. The minimum atomic E-state index is -0.598. The van der Waals surface area contributed by atoms with Gasteiger partial charge in [0, 0.05) is 60.7 Å². The number of morpholine rings is 1. The third-order valence-corrected chi connectivity index (χ3v) is 11.3. The number of likely N-dealkylation sites (tertiary alicyclic amines) is 2. The first kappa shape index (κ1) is 36.0. The second-order valence-electron chi connectivity index (χ2n) is 15.4. The third-order valence-electron chi connectivity index (χ3n) is 11.0. The first-order valence-corrected chi connectivity index (χ1v) is 17.1. The van der Waals surface area contributed by atoms with Gasteiger partial charge in [0.15, 0.2) is 0 Å². The smallest absolute Gasteiger partial charge is 0.245 e. The molecule has 4 aliphatic rings. The molecule has 1 aromatic rings. The van der Waals surface area contributed by atoms with Crippen LogP contribution in [0.3, 0.4) is 0 Å². The number of hydrogen-bond acceptors (Lipinski definition) is 5. The van der Waals surface area contributed by atoms with E-state index in [9.17, 15) is 14.4 Å². The fraction of sp³-hybridized carbons (Fsp3) is 0.743. The summed E-state index contributed by atoms with van der Waals surface area (Å²) in [4.78, 5) is 48.4. The van der Waals surface area contributed by atoms with Crippen LogP contribution in [0.4, 0.5) is 0 Å². The lowest BCUT2D eigenvalue weighted by Gasteiger charge is -2.38. The molecule has 4 fully saturated rings. The molecule has 3 saturated heterocycles. The van der Waals surface area contributed by atoms with E-state index >= 15 is 0 Å². The Morgan fingerprint density at radius 1 is 0.889 bits per heavy atom. The van der Waals surface area contributed by atoms with Crippen LogP contribution in [-0.4, -0.2) is 96.0 Å². The maximum absolute atomic E-state index is 14.6. The normalized spacial score (nSPS) is 29.8. The van der Waals surface area contributed by atoms with Crippen LogP contribution in [0, 0.1) is 23.2 Å². The highest BCUT2D eigenvalue weighted by atomic mass is 35.5. The first-order valence-electron chi connectivity index (χ1n) is 16.7. The van der Waals surface area contributed by atoms with Crippen LogP contribution in [0.15, 0.2) is 24.3 Å². The highest BCUT2D eigenvalue weighted by molar-refractivity contribution is 6.30. The summed E-state index contributed by atoms with van der Waals surface area (Å²) in [5.41, 5.74) is 0.481. The van der Waals surface area contributed by atoms with E-state index in [1.807, 2.05) is 29.2 Å². The lowest BCUT2D eigenvalue weighted by atomic mass is 9.68. The minimum absolute atomic E-state index is 0. The van der Waals surface area contributed by atoms with Crippen LogP contribution >= 0.6 is 24.0 Å². The quantitative estimate of drug-likeness (QED) is 0.442. The summed E-state index contributed by atoms with van der Waals surface area (Å²) in [7, 11) is 0. The zero-order chi connectivity index (χ0) is 31.8. The lowest BCUT2D eigenvalue weighted by Crippen LogP contribution is -2.52. The van der Waals surface area contributed by atoms with Gasteiger partial charge in [0.1, 0.15) is 6.04 Å². The molecule has 252 valence electrons. The molecule has 3 heterocycles. The fourth-order valence-electron chi connectivity index (χ4n) is 7.81. The van der Waals surface area contributed by atoms with Crippen LogP contribution in [0.2, 0.25) is 5.02 Å². The van der Waals surface area contributed by atoms with E-state index in [1.165, 1.54) is 0 Å². The second-order valence-corrected chi connectivity index (χ2v) is 15.8. The molecule has 1 N–H and O–H groups in total. The number of halogens is 2. The van der Waals surface area contributed by atoms with Crippen LogP contribution < -0.4 is 5.32 Å². The summed E-state index contributed by atoms with van der Waals surface area (Å²) in [6.07, 6.45) is 4.88. The lowest BCUT2D eigenvalue weighted by molar-refractivity contribution is -0.148. The number of benzene rings is 1. The molecule has 0 unspecified atom stereocenters. The number of carbonyl (C=O) groups excluding carboxylic acids is 3. The van der Waals surface area contributed by atoms with Crippen molar-refractivity contribution in [3.8, 4) is 0 Å². The molecule has 5 rings (SSSR count). The molecule has 4 atom stereocenters. The molecule has 1 aliphatic carbocycles. The van der Waals surface area contributed by atoms with Gasteiger partial charge in [-0.2, -0.15) is 0 Å². The molecule has 0 bridgehead atoms. The van der Waals surface area contributed by atoms with Crippen molar-refractivity contribution < 1.29 is 19.1 Å². The topological polar surface area (TPSA) is 82.2 Å². The van der Waals surface area contributed by atoms with Crippen molar-refractivity contribution in [2.45, 2.75) is 97.2 Å². The summed E-state index contributed by atoms with van der Waals surface area (Å²) < 4.78 is 5.51. The van der Waals surface area contributed by atoms with E-state index in [2.05, 4.69) is 51.8 Å². The van der Waals surface area contributed by atoms with Crippen molar-refractivity contribution in [3.05, 3.63) is 34.9 Å². The van der Waals surface area contributed by atoms with Crippen LogP contribution in [-0.2, 0) is 19.1 Å². The average Bonchev–Trinajstić information content (AvgIpc) is 3.63. The van der Waals surface area contributed by atoms with E-state index in [0.29, 0.717) is 62.7 Å². The molecule has 1 saturated carbocycles. The third kappa shape index (κ3) is 7.99. The highest BCUT2D eigenvalue weighted by Gasteiger charge is 2.49. The Bertz CT molecular complexity index is 1190. The van der Waals surface area contributed by atoms with Gasteiger partial charge in [-0.15, -0.1) is 12.4 Å². The fourth-order valence-corrected chi connectivity index (χ4v) is 7.94. The predicted molar refractivity (Wildman–Crippen MR) is 181 cm³/mol. The largest absolute Gasteiger partial charge is 0.378 e. The number of amides is 3. The van der Waals surface area contributed by atoms with Crippen molar-refractivity contribution in [1.29, 1.82) is 0 Å². The first-order chi connectivity index (χ1) is 20.8. The van der Waals surface area contributed by atoms with Crippen molar-refractivity contribution >= 4 is 41.7 Å². The molecule has 45 heavy (non-hydrogen) atoms. The minimum Gasteiger partial charge on any atom is -0.378 e. The number of nitrogens with one attached hydrogen (secondary N) is 1. The summed E-state index contributed by atoms with van der Waals surface area (Å²) in [6.45, 7) is 16.7. The SMILES string of the molecule is CC1CCC(C(C)(C)C(=O)N[C@H]2C[C@@H](C(=O)N3CCOCC3)N(C(=O)[C@@H]3CN(C(C)(C)C)C[C@H]3c3ccc(Cl)cc3)C2)CC1.Cl. The van der Waals surface area contributed by atoms with Crippen LogP contribution in [0.25, 0.3) is 0 Å². The Morgan fingerprint density at radius 3 is 2.11 bits per heavy atom. The molecular weight excluding hydrogens is 611 g/mol. The van der Waals surface area contributed by atoms with Crippen molar-refractivity contribution in [2.24, 2.45) is 23.2 Å². The maximum Gasteiger partial charge on any atom is 0.245 e. The molecule has 8 nitrogen and oxygen atoms in total. The van der Waals surface area contributed by atoms with Gasteiger partial charge in [-0.25, -0.2) is 0 Å². The Kier molecular flexibility index (Phi) is 11.6. The highest BCUT2D eigenvalue weighted by Crippen LogP contribution is 2.42. The molecule has 10 heteroatoms. The second kappa shape index (κ2) is 14.5. The number of nitrogens with zero attached hydrogens (tertiary/aromatic N) is 3. The summed E-state index contributed by atoms with van der Waals surface area (Å²) in [6, 6.07) is 6.96. The van der Waals surface area contributed by atoms with Gasteiger partial charge in [0.2, 0.25) is 17.7 Å².